The summed E-state index contributed by atoms with van der Waals surface area (Å²) in [6.07, 6.45) is 9.96. The third kappa shape index (κ3) is 5.43. The number of benzene rings is 4. The lowest BCUT2D eigenvalue weighted by Crippen LogP contribution is -2.36. The fourth-order valence-electron chi connectivity index (χ4n) is 7.28. The molecule has 236 valence electrons. The number of allylic oxidation sites excluding steroid dienone is 2. The molecule has 2 aliphatic rings. The number of carbonyl (C=O) groups is 1. The Morgan fingerprint density at radius 2 is 1.76 bits per heavy atom. The maximum atomic E-state index is 11.8. The van der Waals surface area contributed by atoms with Gasteiger partial charge in [0.2, 0.25) is 0 Å². The highest BCUT2D eigenvalue weighted by molar-refractivity contribution is 9.08. The summed E-state index contributed by atoms with van der Waals surface area (Å²) in [4.78, 5) is 20.8. The van der Waals surface area contributed by atoms with Crippen molar-refractivity contribution in [3.05, 3.63) is 79.0 Å². The molecule has 8 rings (SSSR count). The summed E-state index contributed by atoms with van der Waals surface area (Å²) in [6, 6.07) is 23.8. The molecule has 5 N–H and O–H groups in total. The van der Waals surface area contributed by atoms with Crippen molar-refractivity contribution in [2.24, 2.45) is 0 Å². The number of H-pyrrole nitrogens is 1. The fourth-order valence-corrected chi connectivity index (χ4v) is 8.82. The van der Waals surface area contributed by atoms with Crippen LogP contribution in [0.3, 0.4) is 0 Å². The van der Waals surface area contributed by atoms with E-state index in [1.54, 1.807) is 0 Å². The highest BCUT2D eigenvalue weighted by atomic mass is 79.9. The second-order valence-electron chi connectivity index (χ2n) is 12.1. The first kappa shape index (κ1) is 30.7. The molecule has 0 radical (unpaired) electrons. The van der Waals surface area contributed by atoms with Gasteiger partial charge in [-0.15, -0.1) is 0 Å². The number of hydrogen-bond donors (Lipinski definition) is 4. The van der Waals surface area contributed by atoms with Crippen LogP contribution in [0.4, 0.5) is 10.5 Å². The Bertz CT molecular complexity index is 2100. The zero-order valence-electron chi connectivity index (χ0n) is 26.1. The number of aromatic nitrogens is 3. The first-order chi connectivity index (χ1) is 22.6. The van der Waals surface area contributed by atoms with Crippen LogP contribution >= 0.6 is 27.7 Å². The zero-order valence-corrected chi connectivity index (χ0v) is 28.5. The maximum absolute atomic E-state index is 11.8. The first-order valence-electron chi connectivity index (χ1n) is 16.0. The van der Waals surface area contributed by atoms with E-state index < -0.39 is 0 Å². The lowest BCUT2D eigenvalue weighted by molar-refractivity contribution is 0.247. The Morgan fingerprint density at radius 3 is 2.59 bits per heavy atom. The Kier molecular flexibility index (Phi) is 8.70. The number of nitrogens with two attached hydrogens (primary N) is 1. The maximum Gasteiger partial charge on any atom is 0.315 e. The van der Waals surface area contributed by atoms with Gasteiger partial charge in [-0.25, -0.2) is 9.78 Å². The molecule has 7 nitrogen and oxygen atoms in total. The summed E-state index contributed by atoms with van der Waals surface area (Å²) in [5, 5.41) is 12.4. The molecule has 0 bridgehead atoms. The van der Waals surface area contributed by atoms with Gasteiger partial charge in [0.05, 0.1) is 28.6 Å². The smallest absolute Gasteiger partial charge is 0.315 e. The average molecular weight is 696 g/mol. The van der Waals surface area contributed by atoms with Crippen LogP contribution in [0.1, 0.15) is 39.0 Å². The zero-order chi connectivity index (χ0) is 31.8. The molecule has 9 heteroatoms. The number of hydrogen-bond acceptors (Lipinski definition) is 4. The SMILES string of the molecule is CBr.CC/C=C(/CCCCC1SCC2NC(=O)NC21)n1cc(-c2nc3c4cc(N)ccc4c4ccccc4c3[nH]2)c2ccccc21. The van der Waals surface area contributed by atoms with Gasteiger partial charge in [0.1, 0.15) is 5.82 Å². The number of para-hydroxylation sites is 1. The molecule has 46 heavy (non-hydrogen) atoms. The number of anilines is 1. The van der Waals surface area contributed by atoms with Gasteiger partial charge in [0.15, 0.2) is 0 Å². The van der Waals surface area contributed by atoms with Crippen molar-refractivity contribution in [1.29, 1.82) is 0 Å². The number of halogens is 1. The molecule has 2 fully saturated rings. The van der Waals surface area contributed by atoms with Gasteiger partial charge >= 0.3 is 6.03 Å². The van der Waals surface area contributed by atoms with Gasteiger partial charge in [-0.3, -0.25) is 0 Å². The van der Waals surface area contributed by atoms with Crippen molar-refractivity contribution >= 4 is 88.6 Å². The van der Waals surface area contributed by atoms with E-state index in [0.29, 0.717) is 5.25 Å². The van der Waals surface area contributed by atoms with E-state index in [2.05, 4.69) is 110 Å². The number of carbonyl (C=O) groups excluding carboxylic acids is 1. The van der Waals surface area contributed by atoms with Crippen molar-refractivity contribution in [1.82, 2.24) is 25.2 Å². The molecule has 4 aromatic carbocycles. The molecule has 2 aromatic heterocycles. The van der Waals surface area contributed by atoms with Crippen LogP contribution in [-0.2, 0) is 0 Å². The Labute approximate surface area is 281 Å². The minimum Gasteiger partial charge on any atom is -0.399 e. The molecule has 3 atom stereocenters. The molecule has 0 aliphatic carbocycles. The van der Waals surface area contributed by atoms with Crippen LogP contribution < -0.4 is 16.4 Å². The van der Waals surface area contributed by atoms with E-state index in [4.69, 9.17) is 10.7 Å². The van der Waals surface area contributed by atoms with Crippen LogP contribution in [0.15, 0.2) is 79.0 Å². The Morgan fingerprint density at radius 1 is 1.00 bits per heavy atom. The van der Waals surface area contributed by atoms with Gasteiger partial charge in [-0.05, 0) is 60.5 Å². The van der Waals surface area contributed by atoms with Crippen molar-refractivity contribution < 1.29 is 4.79 Å². The number of nitrogens with zero attached hydrogens (tertiary/aromatic N) is 2. The number of rotatable bonds is 8. The van der Waals surface area contributed by atoms with Crippen molar-refractivity contribution in [3.63, 3.8) is 0 Å². The number of nitrogen functional groups attached to an aromatic ring is 1. The van der Waals surface area contributed by atoms with Crippen molar-refractivity contribution in [2.75, 3.05) is 17.3 Å². The van der Waals surface area contributed by atoms with Gasteiger partial charge in [0.25, 0.3) is 0 Å². The number of aromatic amines is 1. The van der Waals surface area contributed by atoms with E-state index in [1.165, 1.54) is 22.0 Å². The number of nitrogens with one attached hydrogen (secondary N) is 3. The molecule has 2 aliphatic heterocycles. The van der Waals surface area contributed by atoms with Crippen molar-refractivity contribution in [2.45, 2.75) is 56.4 Å². The van der Waals surface area contributed by atoms with Crippen LogP contribution in [0, 0.1) is 0 Å². The quantitative estimate of drug-likeness (QED) is 0.0420. The molecular weight excluding hydrogens is 656 g/mol. The second-order valence-corrected chi connectivity index (χ2v) is 13.3. The molecule has 6 aromatic rings. The summed E-state index contributed by atoms with van der Waals surface area (Å²) in [5.41, 5.74) is 12.6. The number of amides is 2. The number of unbranched alkanes of at least 4 members (excludes halogenated alkanes) is 1. The topological polar surface area (TPSA) is 101 Å². The summed E-state index contributed by atoms with van der Waals surface area (Å²) < 4.78 is 2.37. The predicted molar refractivity (Wildman–Crippen MR) is 200 cm³/mol. The average Bonchev–Trinajstić information content (AvgIpc) is 3.86. The van der Waals surface area contributed by atoms with E-state index in [9.17, 15) is 4.79 Å². The molecule has 4 heterocycles. The van der Waals surface area contributed by atoms with Gasteiger partial charge in [-0.1, -0.05) is 83.9 Å². The van der Waals surface area contributed by atoms with Gasteiger partial charge in [0, 0.05) is 50.3 Å². The van der Waals surface area contributed by atoms with E-state index >= 15 is 0 Å². The molecular formula is C37H39BrN6OS. The second kappa shape index (κ2) is 13.0. The number of fused-ring (bicyclic) bond motifs is 8. The third-order valence-corrected chi connectivity index (χ3v) is 10.8. The lowest BCUT2D eigenvalue weighted by atomic mass is 9.99. The number of alkyl halides is 1. The lowest BCUT2D eigenvalue weighted by Gasteiger charge is -2.17. The fraction of sp³-hybridized carbons (Fsp3) is 0.297. The Balaban J connectivity index is 0.00000166. The largest absolute Gasteiger partial charge is 0.399 e. The third-order valence-electron chi connectivity index (χ3n) is 9.32. The van der Waals surface area contributed by atoms with Gasteiger partial charge in [-0.2, -0.15) is 11.8 Å². The highest BCUT2D eigenvalue weighted by Gasteiger charge is 2.42. The molecule has 0 spiro atoms. The first-order valence-corrected chi connectivity index (χ1v) is 18.7. The molecule has 0 saturated carbocycles. The summed E-state index contributed by atoms with van der Waals surface area (Å²) in [5.74, 6) is 3.69. The number of imidazole rings is 1. The van der Waals surface area contributed by atoms with Crippen LogP contribution in [0.5, 0.6) is 0 Å². The van der Waals surface area contributed by atoms with E-state index in [-0.39, 0.29) is 18.1 Å². The molecule has 2 amide bonds. The summed E-state index contributed by atoms with van der Waals surface area (Å²) in [6.45, 7) is 2.21. The van der Waals surface area contributed by atoms with E-state index in [1.807, 2.05) is 29.7 Å². The summed E-state index contributed by atoms with van der Waals surface area (Å²) >= 11 is 4.93. The van der Waals surface area contributed by atoms with Crippen LogP contribution in [0.2, 0.25) is 0 Å². The molecule has 3 unspecified atom stereocenters. The van der Waals surface area contributed by atoms with Crippen LogP contribution in [0.25, 0.3) is 60.6 Å². The van der Waals surface area contributed by atoms with Crippen LogP contribution in [-0.4, -0.2) is 49.5 Å². The monoisotopic (exact) mass is 694 g/mol. The predicted octanol–water partition coefficient (Wildman–Crippen LogP) is 9.06. The van der Waals surface area contributed by atoms with E-state index in [0.717, 1.165) is 82.1 Å². The van der Waals surface area contributed by atoms with Crippen molar-refractivity contribution in [3.8, 4) is 11.4 Å². The number of thioether (sulfide) groups is 1. The minimum absolute atomic E-state index is 0.0105. The van der Waals surface area contributed by atoms with Gasteiger partial charge < -0.3 is 25.9 Å². The minimum atomic E-state index is -0.0105. The number of urea groups is 1. The highest BCUT2D eigenvalue weighted by Crippen LogP contribution is 2.39. The summed E-state index contributed by atoms with van der Waals surface area (Å²) in [7, 11) is 0. The normalized spacial score (nSPS) is 19.4. The molecule has 2 saturated heterocycles. The Hall–Kier alpha value is -3.95. The standard InChI is InChI=1S/C36H36N6OS.CH3Br/c1-2-9-22(10-3-8-15-31-34-29(20-44-31)38-36(43)41-34)42-19-28(25-12-6-7-14-30(25)42)35-39-32-26-13-5-4-11-23(26)24-17-16-21(37)18-27(24)33(32)40-35;1-2/h4-7,9,11-14,16-19,29,31,34H,2-3,8,10,15,20,37H2,1H3,(H,39,40)(H2,38,41,43);1H3/b22-9-;.